The van der Waals surface area contributed by atoms with E-state index in [4.69, 9.17) is 14.3 Å². The van der Waals surface area contributed by atoms with Crippen molar-refractivity contribution >= 4 is 5.97 Å². The summed E-state index contributed by atoms with van der Waals surface area (Å²) in [5.41, 5.74) is 0.607. The number of carboxylic acid groups (broad SMARTS) is 1. The van der Waals surface area contributed by atoms with Crippen molar-refractivity contribution in [2.75, 3.05) is 6.61 Å². The smallest absolute Gasteiger partial charge is 0.373 e. The van der Waals surface area contributed by atoms with Crippen LogP contribution in [-0.2, 0) is 4.74 Å². The maximum atomic E-state index is 11.1. The highest BCUT2D eigenvalue weighted by Crippen LogP contribution is 2.43. The molecule has 0 spiro atoms. The Labute approximate surface area is 98.8 Å². The van der Waals surface area contributed by atoms with Crippen LogP contribution in [-0.4, -0.2) is 22.7 Å². The molecule has 17 heavy (non-hydrogen) atoms. The average molecular weight is 237 g/mol. The Morgan fingerprint density at radius 1 is 1.41 bits per heavy atom. The monoisotopic (exact) mass is 237 g/mol. The lowest BCUT2D eigenvalue weighted by Crippen LogP contribution is -2.04. The number of carbonyl (C=O) groups is 1. The van der Waals surface area contributed by atoms with E-state index in [2.05, 4.69) is 11.9 Å². The Morgan fingerprint density at radius 2 is 2.18 bits per heavy atom. The molecule has 0 radical (unpaired) electrons. The van der Waals surface area contributed by atoms with Crippen LogP contribution in [0.15, 0.2) is 4.42 Å². The summed E-state index contributed by atoms with van der Waals surface area (Å²) >= 11 is 0. The number of aromatic nitrogens is 1. The fourth-order valence-corrected chi connectivity index (χ4v) is 2.27. The fraction of sp³-hybridized carbons (Fsp3) is 0.667. The average Bonchev–Trinajstić information content (AvgIpc) is 2.88. The van der Waals surface area contributed by atoms with Gasteiger partial charge >= 0.3 is 5.97 Å². The molecule has 0 bridgehead atoms. The van der Waals surface area contributed by atoms with Crippen LogP contribution in [0.3, 0.4) is 0 Å². The first kappa shape index (κ1) is 10.8. The van der Waals surface area contributed by atoms with Crippen LogP contribution in [0.25, 0.3) is 0 Å². The van der Waals surface area contributed by atoms with Crippen LogP contribution < -0.4 is 0 Å². The van der Waals surface area contributed by atoms with E-state index in [0.29, 0.717) is 24.1 Å². The third-order valence-electron chi connectivity index (χ3n) is 3.46. The number of hydrogen-bond acceptors (Lipinski definition) is 4. The molecular formula is C12H15NO4. The number of nitrogens with zero attached hydrogens (tertiary/aromatic N) is 1. The number of carboxylic acids is 1. The van der Waals surface area contributed by atoms with Gasteiger partial charge in [0.2, 0.25) is 11.7 Å². The molecule has 5 nitrogen and oxygen atoms in total. The molecule has 2 heterocycles. The summed E-state index contributed by atoms with van der Waals surface area (Å²) in [5, 5.41) is 9.09. The molecule has 5 heteroatoms. The normalized spacial score (nSPS) is 28.5. The number of aromatic carboxylic acids is 1. The van der Waals surface area contributed by atoms with Crippen molar-refractivity contribution < 1.29 is 19.1 Å². The lowest BCUT2D eigenvalue weighted by molar-refractivity contribution is 0.0594. The predicted molar refractivity (Wildman–Crippen MR) is 57.9 cm³/mol. The van der Waals surface area contributed by atoms with Crippen molar-refractivity contribution in [2.24, 2.45) is 5.92 Å². The summed E-state index contributed by atoms with van der Waals surface area (Å²) in [6, 6.07) is 0. The van der Waals surface area contributed by atoms with Crippen LogP contribution in [0, 0.1) is 5.92 Å². The molecular weight excluding hydrogens is 222 g/mol. The summed E-state index contributed by atoms with van der Waals surface area (Å²) in [4.78, 5) is 15.4. The Morgan fingerprint density at radius 3 is 2.71 bits per heavy atom. The standard InChI is InChI=1S/C12H15NO4/c1-6-4-5-16-9(6)11-13-8(7-2-3-7)10(17-11)12(14)15/h6-7,9H,2-5H2,1H3,(H,14,15). The summed E-state index contributed by atoms with van der Waals surface area (Å²) < 4.78 is 10.9. The van der Waals surface area contributed by atoms with Gasteiger partial charge in [-0.1, -0.05) is 6.92 Å². The van der Waals surface area contributed by atoms with Crippen molar-refractivity contribution in [1.82, 2.24) is 4.98 Å². The first-order valence-corrected chi connectivity index (χ1v) is 6.02. The van der Waals surface area contributed by atoms with E-state index in [1.807, 2.05) is 0 Å². The van der Waals surface area contributed by atoms with Gasteiger partial charge in [-0.3, -0.25) is 0 Å². The van der Waals surface area contributed by atoms with Gasteiger partial charge in [0, 0.05) is 12.5 Å². The number of ether oxygens (including phenoxy) is 1. The number of oxazole rings is 1. The quantitative estimate of drug-likeness (QED) is 0.873. The van der Waals surface area contributed by atoms with E-state index in [0.717, 1.165) is 19.3 Å². The van der Waals surface area contributed by atoms with Gasteiger partial charge in [-0.15, -0.1) is 0 Å². The topological polar surface area (TPSA) is 72.6 Å². The SMILES string of the molecule is CC1CCOC1c1nc(C2CC2)c(C(=O)O)o1. The molecule has 0 amide bonds. The Balaban J connectivity index is 1.95. The second-order valence-electron chi connectivity index (χ2n) is 4.90. The highest BCUT2D eigenvalue weighted by Gasteiger charge is 2.37. The van der Waals surface area contributed by atoms with Crippen molar-refractivity contribution in [1.29, 1.82) is 0 Å². The van der Waals surface area contributed by atoms with Gasteiger partial charge in [0.05, 0.1) is 5.69 Å². The molecule has 2 unspecified atom stereocenters. The van der Waals surface area contributed by atoms with Crippen molar-refractivity contribution in [3.8, 4) is 0 Å². The zero-order valence-corrected chi connectivity index (χ0v) is 9.68. The highest BCUT2D eigenvalue weighted by atomic mass is 16.5. The van der Waals surface area contributed by atoms with Gasteiger partial charge in [0.1, 0.15) is 6.10 Å². The molecule has 1 aromatic rings. The molecule has 1 N–H and O–H groups in total. The molecule has 1 saturated carbocycles. The number of hydrogen-bond donors (Lipinski definition) is 1. The van der Waals surface area contributed by atoms with Gasteiger partial charge in [0.15, 0.2) is 0 Å². The lowest BCUT2D eigenvalue weighted by Gasteiger charge is -2.09. The van der Waals surface area contributed by atoms with E-state index < -0.39 is 5.97 Å². The largest absolute Gasteiger partial charge is 0.475 e. The van der Waals surface area contributed by atoms with E-state index in [1.54, 1.807) is 0 Å². The molecule has 1 aliphatic heterocycles. The Hall–Kier alpha value is -1.36. The minimum atomic E-state index is -1.03. The van der Waals surface area contributed by atoms with Crippen LogP contribution in [0.1, 0.15) is 60.3 Å². The van der Waals surface area contributed by atoms with Crippen LogP contribution >= 0.6 is 0 Å². The predicted octanol–water partition coefficient (Wildman–Crippen LogP) is 2.35. The Kier molecular flexibility index (Phi) is 2.43. The van der Waals surface area contributed by atoms with Gasteiger partial charge in [-0.25, -0.2) is 9.78 Å². The first-order valence-electron chi connectivity index (χ1n) is 6.02. The summed E-state index contributed by atoms with van der Waals surface area (Å²) in [5.74, 6) is 0.0217. The van der Waals surface area contributed by atoms with Gasteiger partial charge < -0.3 is 14.3 Å². The highest BCUT2D eigenvalue weighted by molar-refractivity contribution is 5.86. The van der Waals surface area contributed by atoms with Gasteiger partial charge in [-0.05, 0) is 25.2 Å². The molecule has 2 fully saturated rings. The summed E-state index contributed by atoms with van der Waals surface area (Å²) in [7, 11) is 0. The maximum absolute atomic E-state index is 11.1. The molecule has 0 aromatic carbocycles. The lowest BCUT2D eigenvalue weighted by atomic mass is 10.0. The molecule has 2 aliphatic rings. The zero-order chi connectivity index (χ0) is 12.0. The summed E-state index contributed by atoms with van der Waals surface area (Å²) in [6.07, 6.45) is 2.80. The van der Waals surface area contributed by atoms with Crippen molar-refractivity contribution in [3.63, 3.8) is 0 Å². The second-order valence-corrected chi connectivity index (χ2v) is 4.90. The van der Waals surface area contributed by atoms with Gasteiger partial charge in [0.25, 0.3) is 0 Å². The third kappa shape index (κ3) is 1.84. The van der Waals surface area contributed by atoms with Crippen LogP contribution in [0.4, 0.5) is 0 Å². The molecule has 2 atom stereocenters. The van der Waals surface area contributed by atoms with E-state index in [1.165, 1.54) is 0 Å². The van der Waals surface area contributed by atoms with Crippen molar-refractivity contribution in [3.05, 3.63) is 17.3 Å². The minimum Gasteiger partial charge on any atom is -0.475 e. The second kappa shape index (κ2) is 3.84. The molecule has 1 aliphatic carbocycles. The van der Waals surface area contributed by atoms with Crippen molar-refractivity contribution in [2.45, 2.75) is 38.2 Å². The van der Waals surface area contributed by atoms with E-state index >= 15 is 0 Å². The minimum absolute atomic E-state index is 0.00481. The molecule has 1 aromatic heterocycles. The van der Waals surface area contributed by atoms with Crippen LogP contribution in [0.5, 0.6) is 0 Å². The first-order chi connectivity index (χ1) is 8.16. The number of rotatable bonds is 3. The Bertz CT molecular complexity index is 449. The van der Waals surface area contributed by atoms with E-state index in [-0.39, 0.29) is 17.8 Å². The third-order valence-corrected chi connectivity index (χ3v) is 3.46. The van der Waals surface area contributed by atoms with Gasteiger partial charge in [-0.2, -0.15) is 0 Å². The summed E-state index contributed by atoms with van der Waals surface area (Å²) in [6.45, 7) is 2.76. The molecule has 1 saturated heterocycles. The fourth-order valence-electron chi connectivity index (χ4n) is 2.27. The molecule has 3 rings (SSSR count). The van der Waals surface area contributed by atoms with Crippen LogP contribution in [0.2, 0.25) is 0 Å². The maximum Gasteiger partial charge on any atom is 0.373 e. The van der Waals surface area contributed by atoms with E-state index in [9.17, 15) is 4.79 Å². The molecule has 92 valence electrons. The zero-order valence-electron chi connectivity index (χ0n) is 9.68.